The molecule has 2 aromatic carbocycles. The lowest BCUT2D eigenvalue weighted by Crippen LogP contribution is -2.72. The fourth-order valence-corrected chi connectivity index (χ4v) is 4.32. The maximum Gasteiger partial charge on any atom is 0.228 e. The molecule has 5 atom stereocenters. The molecule has 150 valence electrons. The van der Waals surface area contributed by atoms with Crippen molar-refractivity contribution in [3.05, 3.63) is 70.8 Å². The van der Waals surface area contributed by atoms with Gasteiger partial charge in [0.1, 0.15) is 18.3 Å². The molecular weight excluding hydrogens is 360 g/mol. The Morgan fingerprint density at radius 3 is 2.39 bits per heavy atom. The van der Waals surface area contributed by atoms with Crippen LogP contribution in [0.5, 0.6) is 0 Å². The molecule has 2 heterocycles. The first kappa shape index (κ1) is 19.5. The van der Waals surface area contributed by atoms with Gasteiger partial charge in [0.15, 0.2) is 5.60 Å². The summed E-state index contributed by atoms with van der Waals surface area (Å²) in [4.78, 5) is 0. The molecule has 0 aliphatic carbocycles. The van der Waals surface area contributed by atoms with Gasteiger partial charge in [0.25, 0.3) is 0 Å². The van der Waals surface area contributed by atoms with E-state index in [9.17, 15) is 20.4 Å². The van der Waals surface area contributed by atoms with Crippen molar-refractivity contribution >= 4 is 0 Å². The topological polar surface area (TPSA) is 99.4 Å². The van der Waals surface area contributed by atoms with Crippen molar-refractivity contribution in [1.82, 2.24) is 0 Å². The van der Waals surface area contributed by atoms with Crippen molar-refractivity contribution in [2.45, 2.75) is 56.1 Å². The van der Waals surface area contributed by atoms with Gasteiger partial charge in [-0.25, -0.2) is 0 Å². The van der Waals surface area contributed by atoms with E-state index in [1.807, 2.05) is 36.4 Å². The molecule has 2 aromatic rings. The molecular formula is C22H26O6. The molecule has 5 unspecified atom stereocenters. The van der Waals surface area contributed by atoms with Gasteiger partial charge < -0.3 is 29.9 Å². The normalized spacial score (nSPS) is 34.5. The predicted octanol–water partition coefficient (Wildman–Crippen LogP) is 1.02. The summed E-state index contributed by atoms with van der Waals surface area (Å²) < 4.78 is 12.0. The molecule has 1 fully saturated rings. The van der Waals surface area contributed by atoms with Crippen LogP contribution in [0.25, 0.3) is 0 Å². The Bertz CT molecular complexity index is 837. The van der Waals surface area contributed by atoms with Crippen LogP contribution in [0.4, 0.5) is 0 Å². The van der Waals surface area contributed by atoms with E-state index in [2.05, 4.69) is 6.92 Å². The van der Waals surface area contributed by atoms with Crippen LogP contribution in [0.3, 0.4) is 0 Å². The van der Waals surface area contributed by atoms with Gasteiger partial charge in [-0.15, -0.1) is 0 Å². The maximum absolute atomic E-state index is 11.8. The number of hydrogen-bond donors (Lipinski definition) is 4. The fourth-order valence-electron chi connectivity index (χ4n) is 4.32. The van der Waals surface area contributed by atoms with E-state index in [4.69, 9.17) is 9.47 Å². The van der Waals surface area contributed by atoms with Crippen LogP contribution in [0.2, 0.25) is 0 Å². The van der Waals surface area contributed by atoms with Crippen molar-refractivity contribution in [2.75, 3.05) is 6.61 Å². The van der Waals surface area contributed by atoms with Gasteiger partial charge in [-0.05, 0) is 23.1 Å². The van der Waals surface area contributed by atoms with Crippen LogP contribution in [0, 0.1) is 0 Å². The second-order valence-corrected chi connectivity index (χ2v) is 7.61. The lowest BCUT2D eigenvalue weighted by atomic mass is 9.73. The number of fused-ring (bicyclic) bond motifs is 2. The Hall–Kier alpha value is -1.80. The Labute approximate surface area is 164 Å². The van der Waals surface area contributed by atoms with E-state index < -0.39 is 36.3 Å². The summed E-state index contributed by atoms with van der Waals surface area (Å²) in [6.07, 6.45) is -3.19. The van der Waals surface area contributed by atoms with Crippen molar-refractivity contribution < 1.29 is 29.9 Å². The Morgan fingerprint density at radius 1 is 1.04 bits per heavy atom. The molecule has 4 rings (SSSR count). The van der Waals surface area contributed by atoms with Crippen LogP contribution < -0.4 is 0 Å². The summed E-state index contributed by atoms with van der Waals surface area (Å²) in [7, 11) is 0. The Morgan fingerprint density at radius 2 is 1.71 bits per heavy atom. The highest BCUT2D eigenvalue weighted by Gasteiger charge is 2.67. The van der Waals surface area contributed by atoms with Crippen LogP contribution in [-0.2, 0) is 34.7 Å². The van der Waals surface area contributed by atoms with Gasteiger partial charge in [-0.2, -0.15) is 0 Å². The van der Waals surface area contributed by atoms with Gasteiger partial charge >= 0.3 is 0 Å². The van der Waals surface area contributed by atoms with E-state index in [1.54, 1.807) is 12.1 Å². The molecule has 0 saturated carbocycles. The van der Waals surface area contributed by atoms with Crippen molar-refractivity contribution in [1.29, 1.82) is 0 Å². The first-order valence-corrected chi connectivity index (χ1v) is 9.62. The highest BCUT2D eigenvalue weighted by atomic mass is 16.7. The van der Waals surface area contributed by atoms with E-state index >= 15 is 0 Å². The zero-order valence-corrected chi connectivity index (χ0v) is 15.8. The number of ether oxygens (including phenoxy) is 2. The minimum absolute atomic E-state index is 0.0156. The van der Waals surface area contributed by atoms with Crippen molar-refractivity contribution in [3.63, 3.8) is 0 Å². The molecule has 4 N–H and O–H groups in total. The number of aliphatic hydroxyl groups excluding tert-OH is 3. The molecule has 6 heteroatoms. The van der Waals surface area contributed by atoms with Crippen LogP contribution in [0.1, 0.15) is 29.2 Å². The Kier molecular flexibility index (Phi) is 5.03. The highest BCUT2D eigenvalue weighted by Crippen LogP contribution is 2.52. The maximum atomic E-state index is 11.8. The SMILES string of the molecule is CCc1ccc(CC2(O)C(O)C(O)C(CO)OC23OCc2ccccc23)cc1. The van der Waals surface area contributed by atoms with Crippen molar-refractivity contribution in [2.24, 2.45) is 0 Å². The smallest absolute Gasteiger partial charge is 0.228 e. The molecule has 2 aliphatic rings. The second kappa shape index (κ2) is 7.22. The average molecular weight is 386 g/mol. The standard InChI is InChI=1S/C22H26O6/c1-2-14-7-9-15(10-8-14)11-21(26)20(25)19(24)18(12-23)28-22(21)17-6-4-3-5-16(17)13-27-22/h3-10,18-20,23-26H,2,11-13H2,1H3. The summed E-state index contributed by atoms with van der Waals surface area (Å²) in [6, 6.07) is 15.0. The first-order valence-electron chi connectivity index (χ1n) is 9.62. The first-order chi connectivity index (χ1) is 13.4. The summed E-state index contributed by atoms with van der Waals surface area (Å²) in [5.41, 5.74) is 1.44. The largest absolute Gasteiger partial charge is 0.394 e. The van der Waals surface area contributed by atoms with Crippen LogP contribution in [0.15, 0.2) is 48.5 Å². The Balaban J connectivity index is 1.81. The highest BCUT2D eigenvalue weighted by molar-refractivity contribution is 5.39. The van der Waals surface area contributed by atoms with Gasteiger partial charge in [-0.3, -0.25) is 0 Å². The predicted molar refractivity (Wildman–Crippen MR) is 101 cm³/mol. The van der Waals surface area contributed by atoms with Gasteiger partial charge in [0.2, 0.25) is 5.79 Å². The van der Waals surface area contributed by atoms with Gasteiger partial charge in [-0.1, -0.05) is 55.5 Å². The third-order valence-corrected chi connectivity index (χ3v) is 5.97. The van der Waals surface area contributed by atoms with E-state index in [0.717, 1.165) is 23.1 Å². The summed E-state index contributed by atoms with van der Waals surface area (Å²) in [5, 5.41) is 42.8. The molecule has 28 heavy (non-hydrogen) atoms. The van der Waals surface area contributed by atoms with E-state index in [0.29, 0.717) is 5.56 Å². The summed E-state index contributed by atoms with van der Waals surface area (Å²) in [5.74, 6) is -1.68. The van der Waals surface area contributed by atoms with Crippen LogP contribution in [-0.4, -0.2) is 50.9 Å². The zero-order valence-electron chi connectivity index (χ0n) is 15.8. The third kappa shape index (κ3) is 2.80. The number of aryl methyl sites for hydroxylation is 1. The molecule has 0 radical (unpaired) electrons. The minimum atomic E-state index is -1.95. The quantitative estimate of drug-likeness (QED) is 0.626. The summed E-state index contributed by atoms with van der Waals surface area (Å²) in [6.45, 7) is 1.76. The van der Waals surface area contributed by atoms with E-state index in [1.165, 1.54) is 0 Å². The molecule has 6 nitrogen and oxygen atoms in total. The number of rotatable bonds is 4. The lowest BCUT2D eigenvalue weighted by Gasteiger charge is -2.53. The monoisotopic (exact) mass is 386 g/mol. The number of benzene rings is 2. The van der Waals surface area contributed by atoms with Gasteiger partial charge in [0, 0.05) is 12.0 Å². The minimum Gasteiger partial charge on any atom is -0.394 e. The zero-order chi connectivity index (χ0) is 19.9. The fraction of sp³-hybridized carbons (Fsp3) is 0.455. The second-order valence-electron chi connectivity index (χ2n) is 7.61. The van der Waals surface area contributed by atoms with Crippen LogP contribution >= 0.6 is 0 Å². The molecule has 0 amide bonds. The van der Waals surface area contributed by atoms with Crippen molar-refractivity contribution in [3.8, 4) is 0 Å². The molecule has 1 saturated heterocycles. The number of aliphatic hydroxyl groups is 4. The summed E-state index contributed by atoms with van der Waals surface area (Å²) >= 11 is 0. The lowest BCUT2D eigenvalue weighted by molar-refractivity contribution is -0.406. The number of hydrogen-bond acceptors (Lipinski definition) is 6. The third-order valence-electron chi connectivity index (χ3n) is 5.97. The average Bonchev–Trinajstić information content (AvgIpc) is 3.10. The molecule has 0 bridgehead atoms. The molecule has 1 spiro atoms. The molecule has 0 aromatic heterocycles. The molecule has 2 aliphatic heterocycles. The van der Waals surface area contributed by atoms with Gasteiger partial charge in [0.05, 0.1) is 13.2 Å². The van der Waals surface area contributed by atoms with E-state index in [-0.39, 0.29) is 13.0 Å².